The van der Waals surface area contributed by atoms with Crippen molar-refractivity contribution in [2.24, 2.45) is 0 Å². The maximum absolute atomic E-state index is 13.7. The Morgan fingerprint density at radius 2 is 2.00 bits per heavy atom. The number of amides is 1. The predicted molar refractivity (Wildman–Crippen MR) is 72.0 cm³/mol. The van der Waals surface area contributed by atoms with Gasteiger partial charge in [-0.1, -0.05) is 6.07 Å². The van der Waals surface area contributed by atoms with E-state index in [4.69, 9.17) is 10.00 Å². The molecule has 1 amide bonds. The monoisotopic (exact) mass is 288 g/mol. The number of halogens is 2. The summed E-state index contributed by atoms with van der Waals surface area (Å²) in [6, 6.07) is 9.26. The molecule has 0 aliphatic heterocycles. The van der Waals surface area contributed by atoms with Crippen molar-refractivity contribution in [3.05, 3.63) is 59.2 Å². The number of carbonyl (C=O) groups excluding carboxylic acids is 1. The predicted octanol–water partition coefficient (Wildman–Crippen LogP) is 3.10. The van der Waals surface area contributed by atoms with E-state index < -0.39 is 17.5 Å². The van der Waals surface area contributed by atoms with E-state index in [2.05, 4.69) is 5.32 Å². The van der Waals surface area contributed by atoms with Crippen LogP contribution in [0.4, 0.5) is 14.5 Å². The third kappa shape index (κ3) is 2.98. The zero-order valence-corrected chi connectivity index (χ0v) is 11.0. The zero-order valence-electron chi connectivity index (χ0n) is 11.0. The topological polar surface area (TPSA) is 62.1 Å². The molecule has 0 spiro atoms. The van der Waals surface area contributed by atoms with Crippen molar-refractivity contribution in [1.82, 2.24) is 0 Å². The fourth-order valence-corrected chi connectivity index (χ4v) is 1.77. The molecule has 0 saturated carbocycles. The highest BCUT2D eigenvalue weighted by atomic mass is 19.1. The van der Waals surface area contributed by atoms with E-state index in [0.717, 1.165) is 12.1 Å². The first-order valence-electron chi connectivity index (χ1n) is 5.90. The van der Waals surface area contributed by atoms with Crippen LogP contribution in [-0.4, -0.2) is 13.0 Å². The molecule has 2 rings (SSSR count). The molecule has 2 aromatic carbocycles. The third-order valence-electron chi connectivity index (χ3n) is 2.77. The van der Waals surface area contributed by atoms with E-state index in [1.807, 2.05) is 0 Å². The average Bonchev–Trinajstić information content (AvgIpc) is 2.48. The number of methoxy groups -OCH3 is 1. The Morgan fingerprint density at radius 1 is 1.24 bits per heavy atom. The molecule has 0 heterocycles. The van der Waals surface area contributed by atoms with Crippen LogP contribution in [0.25, 0.3) is 0 Å². The van der Waals surface area contributed by atoms with E-state index in [9.17, 15) is 13.6 Å². The number of ether oxygens (including phenoxy) is 1. The van der Waals surface area contributed by atoms with Gasteiger partial charge in [-0.3, -0.25) is 4.79 Å². The molecule has 4 nitrogen and oxygen atoms in total. The smallest absolute Gasteiger partial charge is 0.262 e. The first kappa shape index (κ1) is 14.5. The lowest BCUT2D eigenvalue weighted by molar-refractivity contribution is 0.101. The van der Waals surface area contributed by atoms with Crippen molar-refractivity contribution in [3.8, 4) is 11.8 Å². The highest BCUT2D eigenvalue weighted by Crippen LogP contribution is 2.23. The molecular weight excluding hydrogens is 278 g/mol. The summed E-state index contributed by atoms with van der Waals surface area (Å²) in [5.74, 6) is -2.35. The van der Waals surface area contributed by atoms with Crippen LogP contribution >= 0.6 is 0 Å². The van der Waals surface area contributed by atoms with Crippen LogP contribution in [0.15, 0.2) is 36.4 Å². The highest BCUT2D eigenvalue weighted by Gasteiger charge is 2.18. The van der Waals surface area contributed by atoms with Gasteiger partial charge in [0.05, 0.1) is 24.4 Å². The lowest BCUT2D eigenvalue weighted by Gasteiger charge is -2.10. The molecule has 0 aromatic heterocycles. The Balaban J connectivity index is 2.33. The number of rotatable bonds is 3. The van der Waals surface area contributed by atoms with Gasteiger partial charge in [-0.25, -0.2) is 8.78 Å². The first-order chi connectivity index (χ1) is 10.1. The SMILES string of the molecule is COc1cccc(F)c1C(=O)Nc1ccc(C#N)cc1F. The van der Waals surface area contributed by atoms with Crippen molar-refractivity contribution < 1.29 is 18.3 Å². The molecule has 0 fully saturated rings. The third-order valence-corrected chi connectivity index (χ3v) is 2.77. The van der Waals surface area contributed by atoms with Crippen LogP contribution in [0.5, 0.6) is 5.75 Å². The number of nitriles is 1. The minimum Gasteiger partial charge on any atom is -0.496 e. The normalized spacial score (nSPS) is 9.81. The van der Waals surface area contributed by atoms with Crippen molar-refractivity contribution in [1.29, 1.82) is 5.26 Å². The van der Waals surface area contributed by atoms with Gasteiger partial charge in [0.25, 0.3) is 5.91 Å². The second kappa shape index (κ2) is 6.01. The Labute approximate surface area is 119 Å². The maximum Gasteiger partial charge on any atom is 0.262 e. The van der Waals surface area contributed by atoms with Crippen LogP contribution < -0.4 is 10.1 Å². The molecule has 0 aliphatic rings. The second-order valence-corrected chi connectivity index (χ2v) is 4.08. The molecule has 0 atom stereocenters. The summed E-state index contributed by atoms with van der Waals surface area (Å²) in [4.78, 5) is 12.1. The molecule has 21 heavy (non-hydrogen) atoms. The van der Waals surface area contributed by atoms with Crippen LogP contribution in [0.3, 0.4) is 0 Å². The zero-order chi connectivity index (χ0) is 15.4. The number of carbonyl (C=O) groups is 1. The molecule has 6 heteroatoms. The van der Waals surface area contributed by atoms with Gasteiger partial charge >= 0.3 is 0 Å². The number of anilines is 1. The number of hydrogen-bond acceptors (Lipinski definition) is 3. The summed E-state index contributed by atoms with van der Waals surface area (Å²) in [6.45, 7) is 0. The van der Waals surface area contributed by atoms with Gasteiger partial charge in [-0.2, -0.15) is 5.26 Å². The van der Waals surface area contributed by atoms with E-state index in [0.29, 0.717) is 0 Å². The number of hydrogen-bond donors (Lipinski definition) is 1. The van der Waals surface area contributed by atoms with Gasteiger partial charge in [-0.15, -0.1) is 0 Å². The molecule has 2 aromatic rings. The van der Waals surface area contributed by atoms with Crippen molar-refractivity contribution in [2.45, 2.75) is 0 Å². The minimum absolute atomic E-state index is 0.0431. The average molecular weight is 288 g/mol. The summed E-state index contributed by atoms with van der Waals surface area (Å²) in [6.07, 6.45) is 0. The van der Waals surface area contributed by atoms with Gasteiger partial charge in [-0.05, 0) is 30.3 Å². The second-order valence-electron chi connectivity index (χ2n) is 4.08. The van der Waals surface area contributed by atoms with E-state index >= 15 is 0 Å². The minimum atomic E-state index is -0.839. The summed E-state index contributed by atoms with van der Waals surface area (Å²) >= 11 is 0. The van der Waals surface area contributed by atoms with E-state index in [-0.39, 0.29) is 22.6 Å². The lowest BCUT2D eigenvalue weighted by atomic mass is 10.1. The number of benzene rings is 2. The molecule has 0 bridgehead atoms. The fourth-order valence-electron chi connectivity index (χ4n) is 1.77. The first-order valence-corrected chi connectivity index (χ1v) is 5.90. The summed E-state index contributed by atoms with van der Waals surface area (Å²) in [5.41, 5.74) is -0.345. The van der Waals surface area contributed by atoms with Crippen LogP contribution in [0, 0.1) is 23.0 Å². The fraction of sp³-hybridized carbons (Fsp3) is 0.0667. The van der Waals surface area contributed by atoms with Gasteiger partial charge < -0.3 is 10.1 Å². The Hall–Kier alpha value is -2.94. The molecule has 0 aliphatic carbocycles. The quantitative estimate of drug-likeness (QED) is 0.944. The largest absolute Gasteiger partial charge is 0.496 e. The summed E-state index contributed by atoms with van der Waals surface area (Å²) in [7, 11) is 1.30. The summed E-state index contributed by atoms with van der Waals surface area (Å²) < 4.78 is 32.4. The van der Waals surface area contributed by atoms with E-state index in [1.54, 1.807) is 6.07 Å². The standard InChI is InChI=1S/C15H10F2N2O2/c1-21-13-4-2-3-10(16)14(13)15(20)19-12-6-5-9(8-18)7-11(12)17/h2-7H,1H3,(H,19,20). The Kier molecular flexibility index (Phi) is 4.14. The van der Waals surface area contributed by atoms with Gasteiger partial charge in [0.15, 0.2) is 0 Å². The lowest BCUT2D eigenvalue weighted by Crippen LogP contribution is -2.16. The summed E-state index contributed by atoms with van der Waals surface area (Å²) in [5, 5.41) is 10.9. The number of nitrogens with zero attached hydrogens (tertiary/aromatic N) is 1. The molecule has 0 radical (unpaired) electrons. The van der Waals surface area contributed by atoms with Crippen molar-refractivity contribution in [2.75, 3.05) is 12.4 Å². The Bertz CT molecular complexity index is 739. The van der Waals surface area contributed by atoms with E-state index in [1.165, 1.54) is 31.4 Å². The molecule has 106 valence electrons. The van der Waals surface area contributed by atoms with Crippen LogP contribution in [0.2, 0.25) is 0 Å². The molecule has 1 N–H and O–H groups in total. The highest BCUT2D eigenvalue weighted by molar-refractivity contribution is 6.06. The van der Waals surface area contributed by atoms with Crippen molar-refractivity contribution >= 4 is 11.6 Å². The van der Waals surface area contributed by atoms with Crippen molar-refractivity contribution in [3.63, 3.8) is 0 Å². The van der Waals surface area contributed by atoms with Gasteiger partial charge in [0.1, 0.15) is 22.9 Å². The van der Waals surface area contributed by atoms with Gasteiger partial charge in [0.2, 0.25) is 0 Å². The molecular formula is C15H10F2N2O2. The van der Waals surface area contributed by atoms with Crippen LogP contribution in [0.1, 0.15) is 15.9 Å². The Morgan fingerprint density at radius 3 is 2.62 bits per heavy atom. The maximum atomic E-state index is 13.7. The van der Waals surface area contributed by atoms with Gasteiger partial charge in [0, 0.05) is 0 Å². The van der Waals surface area contributed by atoms with Crippen LogP contribution in [-0.2, 0) is 0 Å². The molecule has 0 saturated heterocycles. The molecule has 0 unspecified atom stereocenters. The number of nitrogens with one attached hydrogen (secondary N) is 1.